The second-order valence-electron chi connectivity index (χ2n) is 7.60. The third kappa shape index (κ3) is 3.05. The summed E-state index contributed by atoms with van der Waals surface area (Å²) in [5.74, 6) is 0.565. The van der Waals surface area contributed by atoms with Gasteiger partial charge in [-0.05, 0) is 32.8 Å². The van der Waals surface area contributed by atoms with Crippen molar-refractivity contribution in [1.29, 1.82) is 0 Å². The van der Waals surface area contributed by atoms with Gasteiger partial charge in [-0.2, -0.15) is 0 Å². The predicted molar refractivity (Wildman–Crippen MR) is 103 cm³/mol. The molecule has 8 nitrogen and oxygen atoms in total. The summed E-state index contributed by atoms with van der Waals surface area (Å²) < 4.78 is 0. The van der Waals surface area contributed by atoms with Gasteiger partial charge in [0.05, 0.1) is 17.3 Å². The van der Waals surface area contributed by atoms with Gasteiger partial charge < -0.3 is 20.1 Å². The van der Waals surface area contributed by atoms with Gasteiger partial charge in [-0.1, -0.05) is 6.58 Å². The van der Waals surface area contributed by atoms with Gasteiger partial charge in [-0.3, -0.25) is 9.59 Å². The Balaban J connectivity index is 1.64. The Labute approximate surface area is 157 Å². The predicted octanol–water partition coefficient (Wildman–Crippen LogP) is 1.46. The number of piperazine rings is 1. The van der Waals surface area contributed by atoms with Crippen LogP contribution in [-0.2, 0) is 4.79 Å². The van der Waals surface area contributed by atoms with E-state index in [9.17, 15) is 9.59 Å². The van der Waals surface area contributed by atoms with Crippen LogP contribution in [0.4, 0.5) is 5.82 Å². The number of carbonyl (C=O) groups is 2. The lowest BCUT2D eigenvalue weighted by atomic mass is 10.1. The van der Waals surface area contributed by atoms with Gasteiger partial charge in [0.25, 0.3) is 5.91 Å². The Morgan fingerprint density at radius 1 is 1.37 bits per heavy atom. The van der Waals surface area contributed by atoms with Crippen molar-refractivity contribution in [3.05, 3.63) is 30.6 Å². The highest BCUT2D eigenvalue weighted by Crippen LogP contribution is 2.46. The number of nitrogens with one attached hydrogen (secondary N) is 2. The molecule has 1 aliphatic carbocycles. The van der Waals surface area contributed by atoms with Gasteiger partial charge in [0, 0.05) is 31.9 Å². The average molecular weight is 368 g/mol. The van der Waals surface area contributed by atoms with Gasteiger partial charge >= 0.3 is 0 Å². The Morgan fingerprint density at radius 2 is 2.15 bits per heavy atom. The number of anilines is 1. The fourth-order valence-corrected chi connectivity index (χ4v) is 3.75. The topological polar surface area (TPSA) is 94.2 Å². The van der Waals surface area contributed by atoms with Crippen molar-refractivity contribution in [2.75, 3.05) is 24.5 Å². The van der Waals surface area contributed by atoms with Gasteiger partial charge in [0.1, 0.15) is 11.3 Å². The molecule has 2 aliphatic rings. The lowest BCUT2D eigenvalue weighted by Crippen LogP contribution is -2.56. The van der Waals surface area contributed by atoms with E-state index in [-0.39, 0.29) is 23.4 Å². The zero-order chi connectivity index (χ0) is 19.2. The zero-order valence-corrected chi connectivity index (χ0v) is 15.7. The molecule has 2 N–H and O–H groups in total. The van der Waals surface area contributed by atoms with Crippen molar-refractivity contribution in [1.82, 2.24) is 25.2 Å². The Morgan fingerprint density at radius 3 is 2.81 bits per heavy atom. The molecule has 8 heteroatoms. The van der Waals surface area contributed by atoms with E-state index in [1.165, 1.54) is 6.08 Å². The van der Waals surface area contributed by atoms with Gasteiger partial charge in [-0.15, -0.1) is 0 Å². The number of aromatic nitrogens is 3. The summed E-state index contributed by atoms with van der Waals surface area (Å²) >= 11 is 0. The maximum Gasteiger partial charge on any atom is 0.255 e. The van der Waals surface area contributed by atoms with Crippen LogP contribution in [0.2, 0.25) is 0 Å². The number of nitrogens with zero attached hydrogens (tertiary/aromatic N) is 4. The second kappa shape index (κ2) is 6.37. The van der Waals surface area contributed by atoms with Gasteiger partial charge in [-0.25, -0.2) is 9.97 Å². The number of fused-ring (bicyclic) bond motifs is 1. The molecular formula is C19H24N6O2. The number of hydrogen-bond donors (Lipinski definition) is 2. The minimum absolute atomic E-state index is 0.0271. The van der Waals surface area contributed by atoms with Crippen LogP contribution in [0.3, 0.4) is 0 Å². The van der Waals surface area contributed by atoms with Crippen molar-refractivity contribution in [3.63, 3.8) is 0 Å². The number of H-pyrrole nitrogens is 1. The van der Waals surface area contributed by atoms with Crippen LogP contribution in [0.1, 0.15) is 37.0 Å². The first-order chi connectivity index (χ1) is 12.9. The number of hydrogen-bond acceptors (Lipinski definition) is 5. The minimum Gasteiger partial charge on any atom is -0.350 e. The number of carbonyl (C=O) groups excluding carboxylic acids is 2. The van der Waals surface area contributed by atoms with Crippen LogP contribution in [0, 0.1) is 0 Å². The number of aromatic amines is 1. The summed E-state index contributed by atoms with van der Waals surface area (Å²) in [7, 11) is 0. The fraction of sp³-hybridized carbons (Fsp3) is 0.474. The maximum atomic E-state index is 12.4. The van der Waals surface area contributed by atoms with Crippen LogP contribution in [0.15, 0.2) is 25.0 Å². The highest BCUT2D eigenvalue weighted by Gasteiger charge is 2.52. The van der Waals surface area contributed by atoms with Crippen molar-refractivity contribution < 1.29 is 9.59 Å². The standard InChI is InChI=1S/C19H24N6O2/c1-4-15(26)24-7-8-25(19(11-24)5-6-19)14-10-21-17-16(23-14)13(9-20-17)18(27)22-12(2)3/h4,9-10,12H,1,5-8,11H2,2-3H3,(H,20,21)(H,22,27). The highest BCUT2D eigenvalue weighted by atomic mass is 16.2. The Hall–Kier alpha value is -2.90. The molecule has 1 aliphatic heterocycles. The molecular weight excluding hydrogens is 344 g/mol. The third-order valence-electron chi connectivity index (χ3n) is 5.27. The van der Waals surface area contributed by atoms with E-state index in [2.05, 4.69) is 26.8 Å². The lowest BCUT2D eigenvalue weighted by molar-refractivity contribution is -0.127. The molecule has 27 heavy (non-hydrogen) atoms. The van der Waals surface area contributed by atoms with Crippen LogP contribution >= 0.6 is 0 Å². The molecule has 2 amide bonds. The zero-order valence-electron chi connectivity index (χ0n) is 15.7. The van der Waals surface area contributed by atoms with Gasteiger partial charge in [0.15, 0.2) is 5.65 Å². The summed E-state index contributed by atoms with van der Waals surface area (Å²) in [6.07, 6.45) is 6.80. The van der Waals surface area contributed by atoms with E-state index in [0.717, 1.165) is 18.7 Å². The largest absolute Gasteiger partial charge is 0.350 e. The molecule has 1 saturated heterocycles. The quantitative estimate of drug-likeness (QED) is 0.797. The van der Waals surface area contributed by atoms with Crippen molar-refractivity contribution >= 4 is 28.8 Å². The van der Waals surface area contributed by atoms with E-state index in [1.54, 1.807) is 12.4 Å². The summed E-state index contributed by atoms with van der Waals surface area (Å²) in [6, 6.07) is 0.0452. The van der Waals surface area contributed by atoms with Crippen LogP contribution in [0.5, 0.6) is 0 Å². The van der Waals surface area contributed by atoms with Crippen LogP contribution in [0.25, 0.3) is 11.2 Å². The number of rotatable bonds is 4. The summed E-state index contributed by atoms with van der Waals surface area (Å²) in [4.78, 5) is 40.8. The minimum atomic E-state index is -0.162. The van der Waals surface area contributed by atoms with E-state index in [1.807, 2.05) is 18.7 Å². The normalized spacial score (nSPS) is 18.2. The highest BCUT2D eigenvalue weighted by molar-refractivity contribution is 6.04. The van der Waals surface area contributed by atoms with Crippen molar-refractivity contribution in [2.24, 2.45) is 0 Å². The summed E-state index contributed by atoms with van der Waals surface area (Å²) in [6.45, 7) is 9.42. The van der Waals surface area contributed by atoms with Crippen molar-refractivity contribution in [2.45, 2.75) is 38.3 Å². The molecule has 2 aromatic rings. The summed E-state index contributed by atoms with van der Waals surface area (Å²) in [5.41, 5.74) is 1.60. The fourth-order valence-electron chi connectivity index (χ4n) is 3.75. The SMILES string of the molecule is C=CC(=O)N1CCN(c2cnc3[nH]cc(C(=O)NC(C)C)c3n2)C2(CC2)C1. The molecule has 2 fully saturated rings. The molecule has 1 saturated carbocycles. The third-order valence-corrected chi connectivity index (χ3v) is 5.27. The molecule has 142 valence electrons. The molecule has 0 unspecified atom stereocenters. The number of amides is 2. The van der Waals surface area contributed by atoms with E-state index in [4.69, 9.17) is 4.98 Å². The monoisotopic (exact) mass is 368 g/mol. The molecule has 2 aromatic heterocycles. The smallest absolute Gasteiger partial charge is 0.255 e. The molecule has 0 bridgehead atoms. The Bertz CT molecular complexity index is 914. The molecule has 4 rings (SSSR count). The first-order valence-electron chi connectivity index (χ1n) is 9.27. The van der Waals surface area contributed by atoms with Crippen LogP contribution in [-0.4, -0.2) is 62.9 Å². The van der Waals surface area contributed by atoms with E-state index >= 15 is 0 Å². The van der Waals surface area contributed by atoms with E-state index in [0.29, 0.717) is 36.4 Å². The second-order valence-corrected chi connectivity index (χ2v) is 7.60. The molecule has 0 aromatic carbocycles. The summed E-state index contributed by atoms with van der Waals surface area (Å²) in [5, 5.41) is 2.90. The lowest BCUT2D eigenvalue weighted by Gasteiger charge is -2.42. The first kappa shape index (κ1) is 17.5. The maximum absolute atomic E-state index is 12.4. The average Bonchev–Trinajstić information content (AvgIpc) is 3.27. The van der Waals surface area contributed by atoms with Gasteiger partial charge in [0.2, 0.25) is 5.91 Å². The first-order valence-corrected chi connectivity index (χ1v) is 9.27. The molecule has 3 heterocycles. The molecule has 0 radical (unpaired) electrons. The molecule has 1 spiro atoms. The van der Waals surface area contributed by atoms with Crippen LogP contribution < -0.4 is 10.2 Å². The molecule has 0 atom stereocenters. The van der Waals surface area contributed by atoms with Crippen molar-refractivity contribution in [3.8, 4) is 0 Å². The van der Waals surface area contributed by atoms with E-state index < -0.39 is 0 Å². The Kier molecular flexibility index (Phi) is 4.13.